The summed E-state index contributed by atoms with van der Waals surface area (Å²) in [6, 6.07) is 0. The number of rotatable bonds is 3. The monoisotopic (exact) mass is 198 g/mol. The highest BCUT2D eigenvalue weighted by Gasteiger charge is 2.31. The highest BCUT2D eigenvalue weighted by atomic mass is 16.7. The summed E-state index contributed by atoms with van der Waals surface area (Å²) >= 11 is 0. The van der Waals surface area contributed by atoms with Gasteiger partial charge in [0.05, 0.1) is 19.1 Å². The van der Waals surface area contributed by atoms with E-state index in [1.54, 1.807) is 5.06 Å². The van der Waals surface area contributed by atoms with Crippen molar-refractivity contribution in [2.75, 3.05) is 19.6 Å². The SMILES string of the molecule is CCC1CC(=O)N(CC2CCNC2)O1. The summed E-state index contributed by atoms with van der Waals surface area (Å²) in [5.74, 6) is 0.735. The number of nitrogens with one attached hydrogen (secondary N) is 1. The lowest BCUT2D eigenvalue weighted by atomic mass is 10.1. The van der Waals surface area contributed by atoms with E-state index in [9.17, 15) is 4.79 Å². The Labute approximate surface area is 84.6 Å². The minimum Gasteiger partial charge on any atom is -0.316 e. The number of hydrogen-bond acceptors (Lipinski definition) is 3. The zero-order chi connectivity index (χ0) is 9.97. The van der Waals surface area contributed by atoms with Crippen LogP contribution in [0.1, 0.15) is 26.2 Å². The van der Waals surface area contributed by atoms with Crippen LogP contribution < -0.4 is 5.32 Å². The molecule has 14 heavy (non-hydrogen) atoms. The molecule has 2 aliphatic rings. The van der Waals surface area contributed by atoms with Crippen molar-refractivity contribution < 1.29 is 9.63 Å². The number of hydroxylamine groups is 2. The summed E-state index contributed by atoms with van der Waals surface area (Å²) in [6.07, 6.45) is 2.77. The second-order valence-corrected chi connectivity index (χ2v) is 4.15. The van der Waals surface area contributed by atoms with Gasteiger partial charge in [-0.1, -0.05) is 6.92 Å². The molecule has 0 radical (unpaired) electrons. The fourth-order valence-corrected chi connectivity index (χ4v) is 2.04. The number of hydrogen-bond donors (Lipinski definition) is 1. The van der Waals surface area contributed by atoms with E-state index in [-0.39, 0.29) is 12.0 Å². The third-order valence-corrected chi connectivity index (χ3v) is 3.00. The lowest BCUT2D eigenvalue weighted by Crippen LogP contribution is -2.30. The van der Waals surface area contributed by atoms with E-state index in [2.05, 4.69) is 12.2 Å². The first-order valence-electron chi connectivity index (χ1n) is 5.47. The molecule has 2 heterocycles. The van der Waals surface area contributed by atoms with E-state index in [1.165, 1.54) is 0 Å². The van der Waals surface area contributed by atoms with Crippen molar-refractivity contribution in [3.8, 4) is 0 Å². The van der Waals surface area contributed by atoms with E-state index in [4.69, 9.17) is 4.84 Å². The molecule has 0 bridgehead atoms. The van der Waals surface area contributed by atoms with Crippen molar-refractivity contribution in [1.29, 1.82) is 0 Å². The topological polar surface area (TPSA) is 41.6 Å². The van der Waals surface area contributed by atoms with Gasteiger partial charge in [-0.05, 0) is 31.8 Å². The van der Waals surface area contributed by atoms with Gasteiger partial charge in [0, 0.05) is 0 Å². The van der Waals surface area contributed by atoms with Crippen LogP contribution in [-0.2, 0) is 9.63 Å². The third kappa shape index (κ3) is 2.07. The molecule has 2 fully saturated rings. The number of carbonyl (C=O) groups excluding carboxylic acids is 1. The van der Waals surface area contributed by atoms with Crippen LogP contribution in [0.5, 0.6) is 0 Å². The minimum atomic E-state index is 0.122. The highest BCUT2D eigenvalue weighted by Crippen LogP contribution is 2.20. The van der Waals surface area contributed by atoms with Crippen LogP contribution in [0, 0.1) is 5.92 Å². The molecule has 0 aliphatic carbocycles. The average Bonchev–Trinajstić information content (AvgIpc) is 2.78. The van der Waals surface area contributed by atoms with Crippen LogP contribution in [-0.4, -0.2) is 36.7 Å². The number of carbonyl (C=O) groups is 1. The van der Waals surface area contributed by atoms with Gasteiger partial charge in [-0.15, -0.1) is 0 Å². The van der Waals surface area contributed by atoms with Crippen LogP contribution in [0.4, 0.5) is 0 Å². The lowest BCUT2D eigenvalue weighted by Gasteiger charge is -2.19. The van der Waals surface area contributed by atoms with Crippen molar-refractivity contribution in [2.45, 2.75) is 32.3 Å². The maximum absolute atomic E-state index is 11.5. The molecule has 1 amide bonds. The molecule has 0 aromatic carbocycles. The first-order valence-corrected chi connectivity index (χ1v) is 5.47. The summed E-state index contributed by atoms with van der Waals surface area (Å²) in [5.41, 5.74) is 0. The molecule has 4 nitrogen and oxygen atoms in total. The molecule has 2 atom stereocenters. The first kappa shape index (κ1) is 9.93. The van der Waals surface area contributed by atoms with Crippen LogP contribution in [0.2, 0.25) is 0 Å². The largest absolute Gasteiger partial charge is 0.316 e. The zero-order valence-electron chi connectivity index (χ0n) is 8.66. The first-order chi connectivity index (χ1) is 6.79. The zero-order valence-corrected chi connectivity index (χ0v) is 8.66. The second-order valence-electron chi connectivity index (χ2n) is 4.15. The summed E-state index contributed by atoms with van der Waals surface area (Å²) in [6.45, 7) is 4.91. The molecule has 4 heteroatoms. The Bertz CT molecular complexity index is 214. The van der Waals surface area contributed by atoms with Crippen molar-refractivity contribution in [1.82, 2.24) is 10.4 Å². The molecular weight excluding hydrogens is 180 g/mol. The van der Waals surface area contributed by atoms with Crippen LogP contribution in [0.3, 0.4) is 0 Å². The molecule has 0 aromatic heterocycles. The van der Waals surface area contributed by atoms with Gasteiger partial charge in [0.2, 0.25) is 5.91 Å². The van der Waals surface area contributed by atoms with Gasteiger partial charge >= 0.3 is 0 Å². The highest BCUT2D eigenvalue weighted by molar-refractivity contribution is 5.77. The summed E-state index contributed by atoms with van der Waals surface area (Å²) in [5, 5.41) is 4.87. The molecule has 0 saturated carbocycles. The van der Waals surface area contributed by atoms with Gasteiger partial charge < -0.3 is 5.32 Å². The van der Waals surface area contributed by atoms with E-state index in [0.717, 1.165) is 32.5 Å². The van der Waals surface area contributed by atoms with Crippen molar-refractivity contribution in [3.63, 3.8) is 0 Å². The van der Waals surface area contributed by atoms with E-state index in [0.29, 0.717) is 12.3 Å². The Morgan fingerprint density at radius 2 is 2.50 bits per heavy atom. The quantitative estimate of drug-likeness (QED) is 0.719. The smallest absolute Gasteiger partial charge is 0.248 e. The molecule has 2 aliphatic heterocycles. The maximum atomic E-state index is 11.5. The third-order valence-electron chi connectivity index (χ3n) is 3.00. The molecule has 2 rings (SSSR count). The number of nitrogens with zero attached hydrogens (tertiary/aromatic N) is 1. The standard InChI is InChI=1S/C10H18N2O2/c1-2-9-5-10(13)12(14-9)7-8-3-4-11-6-8/h8-9,11H,2-7H2,1H3. The fourth-order valence-electron chi connectivity index (χ4n) is 2.04. The predicted octanol–water partition coefficient (Wildman–Crippen LogP) is 0.538. The van der Waals surface area contributed by atoms with Gasteiger partial charge in [-0.3, -0.25) is 9.63 Å². The number of amides is 1. The molecule has 0 aromatic rings. The molecular formula is C10H18N2O2. The Hall–Kier alpha value is -0.610. The molecule has 2 unspecified atom stereocenters. The fraction of sp³-hybridized carbons (Fsp3) is 0.900. The van der Waals surface area contributed by atoms with Gasteiger partial charge in [0.1, 0.15) is 0 Å². The minimum absolute atomic E-state index is 0.122. The van der Waals surface area contributed by atoms with Crippen LogP contribution in [0.15, 0.2) is 0 Å². The van der Waals surface area contributed by atoms with Gasteiger partial charge in [0.25, 0.3) is 0 Å². The van der Waals surface area contributed by atoms with Crippen LogP contribution >= 0.6 is 0 Å². The van der Waals surface area contributed by atoms with Crippen molar-refractivity contribution in [2.24, 2.45) is 5.92 Å². The van der Waals surface area contributed by atoms with Gasteiger partial charge in [0.15, 0.2) is 0 Å². The molecule has 2 saturated heterocycles. The van der Waals surface area contributed by atoms with Gasteiger partial charge in [-0.2, -0.15) is 0 Å². The molecule has 80 valence electrons. The van der Waals surface area contributed by atoms with E-state index in [1.807, 2.05) is 0 Å². The Balaban J connectivity index is 1.82. The maximum Gasteiger partial charge on any atom is 0.248 e. The second kappa shape index (κ2) is 4.28. The summed E-state index contributed by atoms with van der Waals surface area (Å²) in [4.78, 5) is 17.1. The van der Waals surface area contributed by atoms with E-state index < -0.39 is 0 Å². The molecule has 0 spiro atoms. The Morgan fingerprint density at radius 3 is 3.07 bits per heavy atom. The van der Waals surface area contributed by atoms with Crippen molar-refractivity contribution >= 4 is 5.91 Å². The Kier molecular flexibility index (Phi) is 3.03. The Morgan fingerprint density at radius 1 is 1.64 bits per heavy atom. The van der Waals surface area contributed by atoms with Crippen molar-refractivity contribution in [3.05, 3.63) is 0 Å². The predicted molar refractivity (Wildman–Crippen MR) is 52.5 cm³/mol. The van der Waals surface area contributed by atoms with Crippen LogP contribution in [0.25, 0.3) is 0 Å². The lowest BCUT2D eigenvalue weighted by molar-refractivity contribution is -0.176. The summed E-state index contributed by atoms with van der Waals surface area (Å²) in [7, 11) is 0. The normalized spacial score (nSPS) is 32.9. The molecule has 1 N–H and O–H groups in total. The summed E-state index contributed by atoms with van der Waals surface area (Å²) < 4.78 is 0. The average molecular weight is 198 g/mol. The van der Waals surface area contributed by atoms with E-state index >= 15 is 0 Å². The van der Waals surface area contributed by atoms with Gasteiger partial charge in [-0.25, -0.2) is 5.06 Å².